The molecule has 0 amide bonds. The Labute approximate surface area is 111 Å². The summed E-state index contributed by atoms with van der Waals surface area (Å²) >= 11 is 0. The summed E-state index contributed by atoms with van der Waals surface area (Å²) in [6.07, 6.45) is 2.61. The van der Waals surface area contributed by atoms with Gasteiger partial charge in [0, 0.05) is 18.6 Å². The predicted molar refractivity (Wildman–Crippen MR) is 76.0 cm³/mol. The Morgan fingerprint density at radius 1 is 1.33 bits per heavy atom. The van der Waals surface area contributed by atoms with Crippen molar-refractivity contribution in [1.82, 2.24) is 5.32 Å². The van der Waals surface area contributed by atoms with Crippen LogP contribution in [0.3, 0.4) is 0 Å². The van der Waals surface area contributed by atoms with Gasteiger partial charge in [0.1, 0.15) is 0 Å². The van der Waals surface area contributed by atoms with E-state index in [1.807, 2.05) is 7.05 Å². The average molecular weight is 247 g/mol. The number of aryl methyl sites for hydroxylation is 2. The number of hydrogen-bond acceptors (Lipinski definition) is 2. The molecule has 1 N–H and O–H groups in total. The Balaban J connectivity index is 2.29. The van der Waals surface area contributed by atoms with Crippen LogP contribution in [0.4, 0.5) is 0 Å². The van der Waals surface area contributed by atoms with E-state index in [2.05, 4.69) is 44.3 Å². The molecule has 1 saturated heterocycles. The molecule has 0 saturated carbocycles. The fraction of sp³-hybridized carbons (Fsp3) is 0.625. The topological polar surface area (TPSA) is 21.3 Å². The fourth-order valence-electron chi connectivity index (χ4n) is 3.18. The van der Waals surface area contributed by atoms with Crippen molar-refractivity contribution >= 4 is 0 Å². The highest BCUT2D eigenvalue weighted by atomic mass is 16.5. The van der Waals surface area contributed by atoms with Crippen molar-refractivity contribution < 1.29 is 4.74 Å². The van der Waals surface area contributed by atoms with Crippen LogP contribution in [0.25, 0.3) is 0 Å². The van der Waals surface area contributed by atoms with E-state index in [1.165, 1.54) is 16.7 Å². The molecule has 0 radical (unpaired) electrons. The Morgan fingerprint density at radius 3 is 2.50 bits per heavy atom. The summed E-state index contributed by atoms with van der Waals surface area (Å²) in [7, 11) is 2.04. The number of nitrogens with one attached hydrogen (secondary N) is 1. The van der Waals surface area contributed by atoms with E-state index in [0.29, 0.717) is 6.10 Å². The molecule has 100 valence electrons. The van der Waals surface area contributed by atoms with Gasteiger partial charge in [-0.3, -0.25) is 0 Å². The van der Waals surface area contributed by atoms with Gasteiger partial charge in [0.15, 0.2) is 0 Å². The van der Waals surface area contributed by atoms with Crippen molar-refractivity contribution in [2.45, 2.75) is 39.7 Å². The normalized spacial score (nSPS) is 27.7. The van der Waals surface area contributed by atoms with Gasteiger partial charge in [0.05, 0.1) is 6.10 Å². The first kappa shape index (κ1) is 13.6. The Bertz CT molecular complexity index is 395. The molecule has 0 aromatic heterocycles. The van der Waals surface area contributed by atoms with Crippen LogP contribution in [0.2, 0.25) is 0 Å². The second kappa shape index (κ2) is 5.41. The van der Waals surface area contributed by atoms with E-state index < -0.39 is 0 Å². The maximum Gasteiger partial charge on any atom is 0.0619 e. The number of hydrogen-bond donors (Lipinski definition) is 1. The van der Waals surface area contributed by atoms with E-state index in [1.54, 1.807) is 0 Å². The number of rotatable bonds is 4. The lowest BCUT2D eigenvalue weighted by Gasteiger charge is -2.33. The summed E-state index contributed by atoms with van der Waals surface area (Å²) in [5, 5.41) is 3.36. The smallest absolute Gasteiger partial charge is 0.0619 e. The largest absolute Gasteiger partial charge is 0.378 e. The molecule has 2 atom stereocenters. The molecular weight excluding hydrogens is 222 g/mol. The highest BCUT2D eigenvalue weighted by Crippen LogP contribution is 2.39. The van der Waals surface area contributed by atoms with Gasteiger partial charge in [-0.05, 0) is 57.4 Å². The van der Waals surface area contributed by atoms with Crippen LogP contribution in [-0.4, -0.2) is 26.3 Å². The monoisotopic (exact) mass is 247 g/mol. The molecule has 0 aliphatic carbocycles. The van der Waals surface area contributed by atoms with E-state index in [0.717, 1.165) is 26.0 Å². The van der Waals surface area contributed by atoms with Gasteiger partial charge in [-0.2, -0.15) is 0 Å². The Kier molecular flexibility index (Phi) is 4.08. The molecule has 1 aromatic rings. The molecule has 18 heavy (non-hydrogen) atoms. The zero-order valence-corrected chi connectivity index (χ0v) is 12.0. The minimum atomic E-state index is 0.256. The minimum Gasteiger partial charge on any atom is -0.378 e. The SMILES string of the molecule is CNCC1(Cc2c(C)cccc2C)CCOC1C. The molecule has 0 bridgehead atoms. The number of ether oxygens (including phenoxy) is 1. The van der Waals surface area contributed by atoms with E-state index in [9.17, 15) is 0 Å². The second-order valence-corrected chi connectivity index (χ2v) is 5.70. The van der Waals surface area contributed by atoms with Crippen LogP contribution >= 0.6 is 0 Å². The number of benzene rings is 1. The van der Waals surface area contributed by atoms with Crippen LogP contribution in [0.15, 0.2) is 18.2 Å². The summed E-state index contributed by atoms with van der Waals surface area (Å²) in [5.74, 6) is 0. The molecule has 1 aliphatic rings. The molecule has 1 fully saturated rings. The van der Waals surface area contributed by atoms with Crippen molar-refractivity contribution in [3.8, 4) is 0 Å². The van der Waals surface area contributed by atoms with Gasteiger partial charge >= 0.3 is 0 Å². The van der Waals surface area contributed by atoms with Crippen LogP contribution < -0.4 is 5.32 Å². The second-order valence-electron chi connectivity index (χ2n) is 5.70. The first-order valence-electron chi connectivity index (χ1n) is 6.90. The lowest BCUT2D eigenvalue weighted by molar-refractivity contribution is 0.0638. The summed E-state index contributed by atoms with van der Waals surface area (Å²) in [6, 6.07) is 6.58. The van der Waals surface area contributed by atoms with Crippen molar-refractivity contribution in [2.75, 3.05) is 20.2 Å². The third-order valence-corrected chi connectivity index (χ3v) is 4.53. The molecule has 2 rings (SSSR count). The van der Waals surface area contributed by atoms with Gasteiger partial charge in [-0.1, -0.05) is 18.2 Å². The zero-order chi connectivity index (χ0) is 13.2. The molecule has 1 heterocycles. The molecule has 2 heteroatoms. The van der Waals surface area contributed by atoms with Gasteiger partial charge in [-0.25, -0.2) is 0 Å². The summed E-state index contributed by atoms with van der Waals surface area (Å²) < 4.78 is 5.83. The van der Waals surface area contributed by atoms with Gasteiger partial charge in [-0.15, -0.1) is 0 Å². The first-order valence-corrected chi connectivity index (χ1v) is 6.90. The molecule has 1 aromatic carbocycles. The van der Waals surface area contributed by atoms with Crippen LogP contribution in [0.1, 0.15) is 30.0 Å². The molecule has 0 spiro atoms. The van der Waals surface area contributed by atoms with Crippen LogP contribution in [0, 0.1) is 19.3 Å². The standard InChI is InChI=1S/C16H25NO/c1-12-6-5-7-13(2)15(12)10-16(11-17-4)8-9-18-14(16)3/h5-7,14,17H,8-11H2,1-4H3. The highest BCUT2D eigenvalue weighted by molar-refractivity contribution is 5.34. The lowest BCUT2D eigenvalue weighted by Crippen LogP contribution is -2.40. The summed E-state index contributed by atoms with van der Waals surface area (Å²) in [5.41, 5.74) is 4.57. The molecule has 2 unspecified atom stereocenters. The average Bonchev–Trinajstić information content (AvgIpc) is 2.67. The molecule has 1 aliphatic heterocycles. The first-order chi connectivity index (χ1) is 8.59. The van der Waals surface area contributed by atoms with Gasteiger partial charge in [0.2, 0.25) is 0 Å². The molecular formula is C16H25NO. The third kappa shape index (κ3) is 2.45. The fourth-order valence-corrected chi connectivity index (χ4v) is 3.18. The van der Waals surface area contributed by atoms with E-state index in [4.69, 9.17) is 4.74 Å². The van der Waals surface area contributed by atoms with Crippen molar-refractivity contribution in [2.24, 2.45) is 5.41 Å². The summed E-state index contributed by atoms with van der Waals surface area (Å²) in [6.45, 7) is 8.58. The zero-order valence-electron chi connectivity index (χ0n) is 12.0. The van der Waals surface area contributed by atoms with Gasteiger partial charge < -0.3 is 10.1 Å². The summed E-state index contributed by atoms with van der Waals surface area (Å²) in [4.78, 5) is 0. The van der Waals surface area contributed by atoms with Crippen molar-refractivity contribution in [3.63, 3.8) is 0 Å². The van der Waals surface area contributed by atoms with E-state index >= 15 is 0 Å². The van der Waals surface area contributed by atoms with Crippen molar-refractivity contribution in [3.05, 3.63) is 34.9 Å². The van der Waals surface area contributed by atoms with Crippen molar-refractivity contribution in [1.29, 1.82) is 0 Å². The van der Waals surface area contributed by atoms with Crippen LogP contribution in [-0.2, 0) is 11.2 Å². The quantitative estimate of drug-likeness (QED) is 0.883. The predicted octanol–water partition coefficient (Wildman–Crippen LogP) is 2.86. The van der Waals surface area contributed by atoms with Crippen LogP contribution in [0.5, 0.6) is 0 Å². The Hall–Kier alpha value is -0.860. The lowest BCUT2D eigenvalue weighted by atomic mass is 9.74. The third-order valence-electron chi connectivity index (χ3n) is 4.53. The molecule has 2 nitrogen and oxygen atoms in total. The highest BCUT2D eigenvalue weighted by Gasteiger charge is 2.41. The van der Waals surface area contributed by atoms with Gasteiger partial charge in [0.25, 0.3) is 0 Å². The van der Waals surface area contributed by atoms with E-state index in [-0.39, 0.29) is 5.41 Å². The maximum absolute atomic E-state index is 5.83. The minimum absolute atomic E-state index is 0.256. The Morgan fingerprint density at radius 2 is 2.00 bits per heavy atom. The maximum atomic E-state index is 5.83.